The Hall–Kier alpha value is -1.02. The highest BCUT2D eigenvalue weighted by molar-refractivity contribution is 8.00. The standard InChI is InChI=1S/C12H11NS/c1-2-4-10-9(3-1)5-7-13-12(10)11-6-8-14-11/h1-5,7,11H,6,8H2. The van der Waals surface area contributed by atoms with E-state index in [4.69, 9.17) is 0 Å². The molecule has 1 aliphatic rings. The third-order valence-corrected chi connectivity index (χ3v) is 4.04. The van der Waals surface area contributed by atoms with Crippen molar-refractivity contribution in [2.45, 2.75) is 11.7 Å². The van der Waals surface area contributed by atoms with Gasteiger partial charge >= 0.3 is 0 Å². The third kappa shape index (κ3) is 1.22. The van der Waals surface area contributed by atoms with Gasteiger partial charge in [0.2, 0.25) is 0 Å². The smallest absolute Gasteiger partial charge is 0.0612 e. The van der Waals surface area contributed by atoms with Crippen LogP contribution in [0.15, 0.2) is 36.5 Å². The summed E-state index contributed by atoms with van der Waals surface area (Å²) < 4.78 is 0. The summed E-state index contributed by atoms with van der Waals surface area (Å²) in [6.45, 7) is 0. The van der Waals surface area contributed by atoms with Crippen molar-refractivity contribution in [1.82, 2.24) is 4.98 Å². The molecular weight excluding hydrogens is 190 g/mol. The quantitative estimate of drug-likeness (QED) is 0.701. The molecule has 2 heteroatoms. The molecule has 70 valence electrons. The summed E-state index contributed by atoms with van der Waals surface area (Å²) in [4.78, 5) is 4.51. The van der Waals surface area contributed by atoms with E-state index in [-0.39, 0.29) is 0 Å². The normalized spacial score (nSPS) is 20.7. The van der Waals surface area contributed by atoms with E-state index < -0.39 is 0 Å². The van der Waals surface area contributed by atoms with Crippen molar-refractivity contribution in [1.29, 1.82) is 0 Å². The second kappa shape index (κ2) is 3.28. The minimum absolute atomic E-state index is 0.640. The van der Waals surface area contributed by atoms with Gasteiger partial charge in [-0.25, -0.2) is 0 Å². The number of aromatic nitrogens is 1. The van der Waals surface area contributed by atoms with Gasteiger partial charge in [-0.3, -0.25) is 4.98 Å². The van der Waals surface area contributed by atoms with E-state index in [1.165, 1.54) is 28.6 Å². The van der Waals surface area contributed by atoms with Crippen LogP contribution in [-0.4, -0.2) is 10.7 Å². The molecule has 1 unspecified atom stereocenters. The number of hydrogen-bond donors (Lipinski definition) is 0. The minimum Gasteiger partial charge on any atom is -0.259 e. The predicted molar refractivity (Wildman–Crippen MR) is 61.6 cm³/mol. The van der Waals surface area contributed by atoms with Crippen LogP contribution < -0.4 is 0 Å². The van der Waals surface area contributed by atoms with Gasteiger partial charge in [0.25, 0.3) is 0 Å². The molecule has 0 bridgehead atoms. The average Bonchev–Trinajstić information content (AvgIpc) is 2.16. The summed E-state index contributed by atoms with van der Waals surface area (Å²) >= 11 is 2.01. The summed E-state index contributed by atoms with van der Waals surface area (Å²) in [5.41, 5.74) is 1.28. The maximum atomic E-state index is 4.51. The molecule has 1 fully saturated rings. The number of rotatable bonds is 1. The molecule has 0 aliphatic carbocycles. The fourth-order valence-corrected chi connectivity index (χ4v) is 2.67. The maximum absolute atomic E-state index is 4.51. The Kier molecular flexibility index (Phi) is 1.95. The lowest BCUT2D eigenvalue weighted by molar-refractivity contribution is 0.826. The molecule has 1 nitrogen and oxygen atoms in total. The molecule has 14 heavy (non-hydrogen) atoms. The van der Waals surface area contributed by atoms with Crippen LogP contribution >= 0.6 is 11.8 Å². The summed E-state index contributed by atoms with van der Waals surface area (Å²) in [7, 11) is 0. The first-order valence-electron chi connectivity index (χ1n) is 4.90. The average molecular weight is 201 g/mol. The van der Waals surface area contributed by atoms with Crippen LogP contribution in [0.25, 0.3) is 10.8 Å². The molecule has 0 N–H and O–H groups in total. The fourth-order valence-electron chi connectivity index (χ4n) is 1.85. The first-order valence-corrected chi connectivity index (χ1v) is 5.95. The lowest BCUT2D eigenvalue weighted by atomic mass is 10.1. The second-order valence-electron chi connectivity index (χ2n) is 3.57. The SMILES string of the molecule is c1ccc2c(C3CCS3)nccc2c1. The van der Waals surface area contributed by atoms with Crippen molar-refractivity contribution in [2.24, 2.45) is 0 Å². The topological polar surface area (TPSA) is 12.9 Å². The Bertz CT molecular complexity index is 457. The van der Waals surface area contributed by atoms with E-state index in [1.807, 2.05) is 18.0 Å². The summed E-state index contributed by atoms with van der Waals surface area (Å²) in [6.07, 6.45) is 3.21. The van der Waals surface area contributed by atoms with E-state index in [0.717, 1.165) is 0 Å². The zero-order chi connectivity index (χ0) is 9.38. The lowest BCUT2D eigenvalue weighted by Gasteiger charge is -2.25. The molecule has 0 radical (unpaired) electrons. The summed E-state index contributed by atoms with van der Waals surface area (Å²) in [5, 5.41) is 3.28. The Balaban J connectivity index is 2.22. The highest BCUT2D eigenvalue weighted by Gasteiger charge is 2.22. The lowest BCUT2D eigenvalue weighted by Crippen LogP contribution is -2.08. The second-order valence-corrected chi connectivity index (χ2v) is 4.88. The van der Waals surface area contributed by atoms with E-state index in [9.17, 15) is 0 Å². The first kappa shape index (κ1) is 8.30. The molecule has 2 aromatic rings. The van der Waals surface area contributed by atoms with Crippen molar-refractivity contribution >= 4 is 22.5 Å². The molecule has 3 rings (SSSR count). The van der Waals surface area contributed by atoms with Gasteiger partial charge in [0, 0.05) is 16.8 Å². The monoisotopic (exact) mass is 201 g/mol. The van der Waals surface area contributed by atoms with Gasteiger partial charge in [-0.2, -0.15) is 11.8 Å². The fraction of sp³-hybridized carbons (Fsp3) is 0.250. The highest BCUT2D eigenvalue weighted by Crippen LogP contribution is 2.43. The molecule has 2 heterocycles. The molecular formula is C12H11NS. The van der Waals surface area contributed by atoms with Gasteiger partial charge in [0.1, 0.15) is 0 Å². The molecule has 0 spiro atoms. The molecule has 1 aliphatic heterocycles. The van der Waals surface area contributed by atoms with Crippen molar-refractivity contribution in [3.05, 3.63) is 42.2 Å². The van der Waals surface area contributed by atoms with Crippen LogP contribution in [0, 0.1) is 0 Å². The zero-order valence-corrected chi connectivity index (χ0v) is 8.63. The van der Waals surface area contributed by atoms with E-state index in [0.29, 0.717) is 5.25 Å². The number of hydrogen-bond acceptors (Lipinski definition) is 2. The van der Waals surface area contributed by atoms with Crippen molar-refractivity contribution < 1.29 is 0 Å². The molecule has 1 aromatic heterocycles. The molecule has 0 saturated carbocycles. The van der Waals surface area contributed by atoms with Crippen LogP contribution in [0.4, 0.5) is 0 Å². The zero-order valence-electron chi connectivity index (χ0n) is 7.81. The van der Waals surface area contributed by atoms with Gasteiger partial charge in [-0.1, -0.05) is 24.3 Å². The van der Waals surface area contributed by atoms with Gasteiger partial charge in [0.15, 0.2) is 0 Å². The van der Waals surface area contributed by atoms with Crippen LogP contribution in [0.3, 0.4) is 0 Å². The van der Waals surface area contributed by atoms with Crippen molar-refractivity contribution in [3.8, 4) is 0 Å². The van der Waals surface area contributed by atoms with Gasteiger partial charge in [-0.15, -0.1) is 0 Å². The Labute approximate surface area is 87.5 Å². The number of nitrogens with zero attached hydrogens (tertiary/aromatic N) is 1. The van der Waals surface area contributed by atoms with Gasteiger partial charge in [0.05, 0.1) is 5.69 Å². The minimum atomic E-state index is 0.640. The van der Waals surface area contributed by atoms with E-state index in [1.54, 1.807) is 0 Å². The number of benzene rings is 1. The largest absolute Gasteiger partial charge is 0.259 e. The molecule has 1 aromatic carbocycles. The van der Waals surface area contributed by atoms with Crippen LogP contribution in [-0.2, 0) is 0 Å². The summed E-state index contributed by atoms with van der Waals surface area (Å²) in [6, 6.07) is 10.6. The Morgan fingerprint density at radius 3 is 2.86 bits per heavy atom. The number of thioether (sulfide) groups is 1. The van der Waals surface area contributed by atoms with Gasteiger partial charge in [-0.05, 0) is 23.6 Å². The van der Waals surface area contributed by atoms with Crippen LogP contribution in [0.1, 0.15) is 17.4 Å². The Morgan fingerprint density at radius 2 is 2.07 bits per heavy atom. The van der Waals surface area contributed by atoms with Crippen molar-refractivity contribution in [2.75, 3.05) is 5.75 Å². The van der Waals surface area contributed by atoms with Crippen LogP contribution in [0.5, 0.6) is 0 Å². The van der Waals surface area contributed by atoms with Crippen LogP contribution in [0.2, 0.25) is 0 Å². The van der Waals surface area contributed by atoms with E-state index in [2.05, 4.69) is 35.3 Å². The predicted octanol–water partition coefficient (Wildman–Crippen LogP) is 3.41. The molecule has 0 amide bonds. The van der Waals surface area contributed by atoms with Crippen molar-refractivity contribution in [3.63, 3.8) is 0 Å². The first-order chi connectivity index (χ1) is 6.95. The van der Waals surface area contributed by atoms with E-state index >= 15 is 0 Å². The summed E-state index contributed by atoms with van der Waals surface area (Å²) in [5.74, 6) is 1.29. The Morgan fingerprint density at radius 1 is 1.21 bits per heavy atom. The van der Waals surface area contributed by atoms with Gasteiger partial charge < -0.3 is 0 Å². The number of pyridine rings is 1. The highest BCUT2D eigenvalue weighted by atomic mass is 32.2. The number of fused-ring (bicyclic) bond motifs is 1. The molecule has 1 saturated heterocycles. The maximum Gasteiger partial charge on any atom is 0.0612 e. The third-order valence-electron chi connectivity index (χ3n) is 2.71. The molecule has 1 atom stereocenters.